The number of amides is 1. The minimum Gasteiger partial charge on any atom is -0.382 e. The van der Waals surface area contributed by atoms with Crippen LogP contribution in [-0.4, -0.2) is 54.4 Å². The van der Waals surface area contributed by atoms with Crippen molar-refractivity contribution >= 4 is 18.3 Å². The maximum absolute atomic E-state index is 12.1. The number of nitrogens with two attached hydrogens (primary N) is 1. The summed E-state index contributed by atoms with van der Waals surface area (Å²) in [6, 6.07) is -0.432. The minimum atomic E-state index is -1.06. The molecular weight excluding hydrogens is 280 g/mol. The highest BCUT2D eigenvalue weighted by Gasteiger charge is 2.30. The first-order valence-corrected chi connectivity index (χ1v) is 7.48. The number of halogens is 1. The van der Waals surface area contributed by atoms with Crippen LogP contribution in [0.15, 0.2) is 0 Å². The number of morpholine rings is 1. The average molecular weight is 307 g/mol. The number of ether oxygens (including phenoxy) is 1. The molecule has 1 unspecified atom stereocenters. The largest absolute Gasteiger partial charge is 0.382 e. The second-order valence-corrected chi connectivity index (χ2v) is 5.79. The molecule has 1 aliphatic carbocycles. The van der Waals surface area contributed by atoms with Crippen LogP contribution in [0.5, 0.6) is 0 Å². The van der Waals surface area contributed by atoms with Crippen LogP contribution in [0.25, 0.3) is 0 Å². The van der Waals surface area contributed by atoms with Gasteiger partial charge in [0, 0.05) is 19.1 Å². The van der Waals surface area contributed by atoms with E-state index >= 15 is 0 Å². The summed E-state index contributed by atoms with van der Waals surface area (Å²) in [6.07, 6.45) is 5.90. The van der Waals surface area contributed by atoms with Crippen LogP contribution < -0.4 is 5.73 Å². The highest BCUT2D eigenvalue weighted by molar-refractivity contribution is 5.85. The lowest BCUT2D eigenvalue weighted by atomic mass is 9.84. The lowest BCUT2D eigenvalue weighted by Crippen LogP contribution is -2.52. The van der Waals surface area contributed by atoms with E-state index in [0.717, 1.165) is 6.42 Å². The van der Waals surface area contributed by atoms with Gasteiger partial charge in [0.25, 0.3) is 5.91 Å². The van der Waals surface area contributed by atoms with Crippen LogP contribution in [0.1, 0.15) is 38.5 Å². The molecular formula is C14H27ClN2O3. The molecule has 1 amide bonds. The summed E-state index contributed by atoms with van der Waals surface area (Å²) in [7, 11) is 0. The standard InChI is InChI=1S/C14H26N2O3.ClH/c15-12(10-11-4-2-1-3-5-11)13(17)14(18)16-6-8-19-9-7-16;/h11-13,17H,1-10,15H2;1H/t12-,13?;/m0./s1. The van der Waals surface area contributed by atoms with Crippen LogP contribution in [0, 0.1) is 5.92 Å². The van der Waals surface area contributed by atoms with E-state index in [2.05, 4.69) is 0 Å². The Hall–Kier alpha value is -0.360. The number of aliphatic hydroxyl groups excluding tert-OH is 1. The quantitative estimate of drug-likeness (QED) is 0.810. The van der Waals surface area contributed by atoms with Gasteiger partial charge in [0.05, 0.1) is 13.2 Å². The highest BCUT2D eigenvalue weighted by atomic mass is 35.5. The molecule has 118 valence electrons. The Morgan fingerprint density at radius 2 is 1.85 bits per heavy atom. The van der Waals surface area contributed by atoms with E-state index in [-0.39, 0.29) is 18.3 Å². The molecule has 2 rings (SSSR count). The molecule has 1 saturated heterocycles. The highest BCUT2D eigenvalue weighted by Crippen LogP contribution is 2.27. The summed E-state index contributed by atoms with van der Waals surface area (Å²) in [5.74, 6) is 0.350. The number of rotatable bonds is 4. The summed E-state index contributed by atoms with van der Waals surface area (Å²) in [5.41, 5.74) is 6.03. The van der Waals surface area contributed by atoms with Crippen molar-refractivity contribution in [3.63, 3.8) is 0 Å². The van der Waals surface area contributed by atoms with Gasteiger partial charge in [-0.05, 0) is 12.3 Å². The fourth-order valence-corrected chi connectivity index (χ4v) is 3.09. The first-order valence-electron chi connectivity index (χ1n) is 7.48. The summed E-state index contributed by atoms with van der Waals surface area (Å²) in [6.45, 7) is 2.23. The lowest BCUT2D eigenvalue weighted by Gasteiger charge is -2.32. The molecule has 0 bridgehead atoms. The molecule has 6 heteroatoms. The summed E-state index contributed by atoms with van der Waals surface area (Å²) in [4.78, 5) is 13.8. The number of hydrogen-bond acceptors (Lipinski definition) is 4. The molecule has 1 saturated carbocycles. The molecule has 3 N–H and O–H groups in total. The Labute approximate surface area is 127 Å². The van der Waals surface area contributed by atoms with Gasteiger partial charge in [0.1, 0.15) is 6.10 Å². The van der Waals surface area contributed by atoms with Gasteiger partial charge in [-0.15, -0.1) is 12.4 Å². The maximum Gasteiger partial charge on any atom is 0.253 e. The summed E-state index contributed by atoms with van der Waals surface area (Å²) < 4.78 is 5.20. The Kier molecular flexibility index (Phi) is 7.80. The third-order valence-electron chi connectivity index (χ3n) is 4.31. The third-order valence-corrected chi connectivity index (χ3v) is 4.31. The Balaban J connectivity index is 0.00000200. The Morgan fingerprint density at radius 1 is 1.25 bits per heavy atom. The number of aliphatic hydroxyl groups is 1. The average Bonchev–Trinajstić information content (AvgIpc) is 2.47. The number of carbonyl (C=O) groups is 1. The van der Waals surface area contributed by atoms with Crippen LogP contribution in [0.2, 0.25) is 0 Å². The number of nitrogens with zero attached hydrogens (tertiary/aromatic N) is 1. The van der Waals surface area contributed by atoms with Gasteiger partial charge < -0.3 is 20.5 Å². The van der Waals surface area contributed by atoms with E-state index in [1.807, 2.05) is 0 Å². The van der Waals surface area contributed by atoms with Crippen molar-refractivity contribution in [2.24, 2.45) is 11.7 Å². The fraction of sp³-hybridized carbons (Fsp3) is 0.929. The zero-order valence-corrected chi connectivity index (χ0v) is 12.8. The topological polar surface area (TPSA) is 75.8 Å². The van der Waals surface area contributed by atoms with Crippen molar-refractivity contribution in [1.82, 2.24) is 4.90 Å². The smallest absolute Gasteiger partial charge is 0.253 e. The molecule has 20 heavy (non-hydrogen) atoms. The first-order chi connectivity index (χ1) is 9.18. The lowest BCUT2D eigenvalue weighted by molar-refractivity contribution is -0.145. The molecule has 2 atom stereocenters. The van der Waals surface area contributed by atoms with E-state index < -0.39 is 12.1 Å². The van der Waals surface area contributed by atoms with Crippen LogP contribution >= 0.6 is 12.4 Å². The monoisotopic (exact) mass is 306 g/mol. The van der Waals surface area contributed by atoms with Gasteiger partial charge in [0.15, 0.2) is 0 Å². The van der Waals surface area contributed by atoms with E-state index in [1.165, 1.54) is 32.1 Å². The molecule has 0 spiro atoms. The normalized spacial score (nSPS) is 23.8. The first kappa shape index (κ1) is 17.7. The molecule has 0 aromatic rings. The molecule has 2 aliphatic rings. The van der Waals surface area contributed by atoms with Crippen molar-refractivity contribution in [3.05, 3.63) is 0 Å². The molecule has 5 nitrogen and oxygen atoms in total. The van der Waals surface area contributed by atoms with Gasteiger partial charge in [-0.25, -0.2) is 0 Å². The van der Waals surface area contributed by atoms with Crippen molar-refractivity contribution in [3.8, 4) is 0 Å². The second-order valence-electron chi connectivity index (χ2n) is 5.79. The molecule has 0 aromatic carbocycles. The van der Waals surface area contributed by atoms with Crippen molar-refractivity contribution in [2.75, 3.05) is 26.3 Å². The zero-order chi connectivity index (χ0) is 13.7. The van der Waals surface area contributed by atoms with Crippen molar-refractivity contribution in [1.29, 1.82) is 0 Å². The van der Waals surface area contributed by atoms with Crippen LogP contribution in [-0.2, 0) is 9.53 Å². The number of carbonyl (C=O) groups excluding carboxylic acids is 1. The van der Waals surface area contributed by atoms with Gasteiger partial charge >= 0.3 is 0 Å². The molecule has 2 fully saturated rings. The predicted octanol–water partition coefficient (Wildman–Crippen LogP) is 0.926. The van der Waals surface area contributed by atoms with Crippen LogP contribution in [0.3, 0.4) is 0 Å². The van der Waals surface area contributed by atoms with Crippen LogP contribution in [0.4, 0.5) is 0 Å². The zero-order valence-electron chi connectivity index (χ0n) is 12.0. The molecule has 0 aromatic heterocycles. The van der Waals surface area contributed by atoms with Gasteiger partial charge in [-0.3, -0.25) is 4.79 Å². The van der Waals surface area contributed by atoms with E-state index in [4.69, 9.17) is 10.5 Å². The Morgan fingerprint density at radius 3 is 2.45 bits per heavy atom. The van der Waals surface area contributed by atoms with E-state index in [9.17, 15) is 9.90 Å². The summed E-state index contributed by atoms with van der Waals surface area (Å²) in [5, 5.41) is 10.1. The van der Waals surface area contributed by atoms with E-state index in [0.29, 0.717) is 32.2 Å². The minimum absolute atomic E-state index is 0. The molecule has 1 heterocycles. The number of hydrogen-bond donors (Lipinski definition) is 2. The van der Waals surface area contributed by atoms with Gasteiger partial charge in [-0.1, -0.05) is 32.1 Å². The SMILES string of the molecule is Cl.N[C@@H](CC1CCCCC1)C(O)C(=O)N1CCOCC1. The Bertz CT molecular complexity index is 292. The van der Waals surface area contributed by atoms with Crippen molar-refractivity contribution in [2.45, 2.75) is 50.7 Å². The second kappa shape index (κ2) is 8.82. The molecule has 1 aliphatic heterocycles. The third kappa shape index (κ3) is 4.88. The summed E-state index contributed by atoms with van der Waals surface area (Å²) >= 11 is 0. The van der Waals surface area contributed by atoms with E-state index in [1.54, 1.807) is 4.90 Å². The predicted molar refractivity (Wildman–Crippen MR) is 79.8 cm³/mol. The molecule has 0 radical (unpaired) electrons. The maximum atomic E-state index is 12.1. The fourth-order valence-electron chi connectivity index (χ4n) is 3.09. The van der Waals surface area contributed by atoms with Crippen molar-refractivity contribution < 1.29 is 14.6 Å². The van der Waals surface area contributed by atoms with Gasteiger partial charge in [0.2, 0.25) is 0 Å². The van der Waals surface area contributed by atoms with Gasteiger partial charge in [-0.2, -0.15) is 0 Å².